The minimum atomic E-state index is -0.0621. The van der Waals surface area contributed by atoms with Gasteiger partial charge in [-0.05, 0) is 55.7 Å². The number of hydrogen-bond donors (Lipinski definition) is 0. The van der Waals surface area contributed by atoms with E-state index in [1.807, 2.05) is 17.0 Å². The van der Waals surface area contributed by atoms with Crippen LogP contribution in [0.15, 0.2) is 36.4 Å². The first-order chi connectivity index (χ1) is 14.5. The highest BCUT2D eigenvalue weighted by Crippen LogP contribution is 2.33. The summed E-state index contributed by atoms with van der Waals surface area (Å²) >= 11 is 7.71. The molecule has 0 spiro atoms. The molecule has 0 N–H and O–H groups in total. The third-order valence-electron chi connectivity index (χ3n) is 5.58. The van der Waals surface area contributed by atoms with Gasteiger partial charge in [-0.3, -0.25) is 14.6 Å². The fourth-order valence-corrected chi connectivity index (χ4v) is 4.91. The molecule has 30 heavy (non-hydrogen) atoms. The Morgan fingerprint density at radius 3 is 2.80 bits per heavy atom. The number of halogens is 1. The van der Waals surface area contributed by atoms with E-state index in [0.29, 0.717) is 17.1 Å². The topological polar surface area (TPSA) is 45.7 Å². The average Bonchev–Trinajstić information content (AvgIpc) is 3.19. The van der Waals surface area contributed by atoms with E-state index in [2.05, 4.69) is 30.9 Å². The summed E-state index contributed by atoms with van der Waals surface area (Å²) in [5.74, 6) is -0.0621. The molecule has 1 aliphatic rings. The molecule has 4 rings (SSSR count). The van der Waals surface area contributed by atoms with Crippen LogP contribution in [-0.4, -0.2) is 55.2 Å². The Morgan fingerprint density at radius 1 is 1.23 bits per heavy atom. The van der Waals surface area contributed by atoms with Gasteiger partial charge < -0.3 is 4.74 Å². The van der Waals surface area contributed by atoms with E-state index in [1.165, 1.54) is 11.1 Å². The second kappa shape index (κ2) is 9.43. The van der Waals surface area contributed by atoms with Crippen LogP contribution in [0.4, 0.5) is 5.13 Å². The van der Waals surface area contributed by atoms with Gasteiger partial charge in [-0.15, -0.1) is 0 Å². The molecule has 0 aliphatic carbocycles. The van der Waals surface area contributed by atoms with Crippen molar-refractivity contribution in [1.82, 2.24) is 9.88 Å². The molecule has 0 saturated carbocycles. The number of morpholine rings is 1. The fourth-order valence-electron chi connectivity index (χ4n) is 3.67. The number of amides is 1. The van der Waals surface area contributed by atoms with E-state index in [-0.39, 0.29) is 5.91 Å². The zero-order chi connectivity index (χ0) is 21.1. The SMILES string of the molecule is Cc1ccc2sc(N(CCCN3CCOCC3)C(=O)c3cccc(Cl)c3)nc2c1C. The van der Waals surface area contributed by atoms with Gasteiger partial charge in [-0.1, -0.05) is 35.1 Å². The smallest absolute Gasteiger partial charge is 0.260 e. The number of hydrogen-bond acceptors (Lipinski definition) is 5. The molecule has 3 aromatic rings. The summed E-state index contributed by atoms with van der Waals surface area (Å²) < 4.78 is 6.53. The number of nitrogens with zero attached hydrogens (tertiary/aromatic N) is 3. The van der Waals surface area contributed by atoms with Crippen LogP contribution in [0.5, 0.6) is 0 Å². The van der Waals surface area contributed by atoms with Gasteiger partial charge >= 0.3 is 0 Å². The van der Waals surface area contributed by atoms with Gasteiger partial charge in [0.25, 0.3) is 5.91 Å². The van der Waals surface area contributed by atoms with Crippen LogP contribution < -0.4 is 4.90 Å². The van der Waals surface area contributed by atoms with Gasteiger partial charge in [-0.25, -0.2) is 4.98 Å². The molecular formula is C23H26ClN3O2S. The normalized spacial score (nSPS) is 14.9. The summed E-state index contributed by atoms with van der Waals surface area (Å²) in [4.78, 5) is 22.5. The van der Waals surface area contributed by atoms with Crippen molar-refractivity contribution in [3.05, 3.63) is 58.1 Å². The van der Waals surface area contributed by atoms with Gasteiger partial charge in [0.1, 0.15) is 0 Å². The van der Waals surface area contributed by atoms with Gasteiger partial charge in [-0.2, -0.15) is 0 Å². The number of benzene rings is 2. The molecule has 1 amide bonds. The van der Waals surface area contributed by atoms with Crippen LogP contribution in [0, 0.1) is 13.8 Å². The molecule has 1 aromatic heterocycles. The highest BCUT2D eigenvalue weighted by Gasteiger charge is 2.22. The van der Waals surface area contributed by atoms with E-state index in [1.54, 1.807) is 23.5 Å². The molecule has 5 nitrogen and oxygen atoms in total. The predicted octanol–water partition coefficient (Wildman–Crippen LogP) is 4.94. The number of ether oxygens (including phenoxy) is 1. The Kier molecular flexibility index (Phi) is 6.68. The molecule has 1 fully saturated rings. The van der Waals surface area contributed by atoms with Crippen molar-refractivity contribution in [1.29, 1.82) is 0 Å². The number of thiazole rings is 1. The van der Waals surface area contributed by atoms with E-state index in [4.69, 9.17) is 21.3 Å². The summed E-state index contributed by atoms with van der Waals surface area (Å²) in [6.07, 6.45) is 0.875. The molecule has 2 aromatic carbocycles. The predicted molar refractivity (Wildman–Crippen MR) is 124 cm³/mol. The second-order valence-electron chi connectivity index (χ2n) is 7.63. The molecule has 0 unspecified atom stereocenters. The maximum absolute atomic E-state index is 13.4. The standard InChI is InChI=1S/C23H26ClN3O2S/c1-16-7-8-20-21(17(16)2)25-23(30-20)27(10-4-9-26-11-13-29-14-12-26)22(28)18-5-3-6-19(24)15-18/h3,5-8,15H,4,9-14H2,1-2H3. The number of fused-ring (bicyclic) bond motifs is 1. The lowest BCUT2D eigenvalue weighted by Gasteiger charge is -2.27. The summed E-state index contributed by atoms with van der Waals surface area (Å²) in [5.41, 5.74) is 3.94. The van der Waals surface area contributed by atoms with Crippen molar-refractivity contribution in [3.8, 4) is 0 Å². The largest absolute Gasteiger partial charge is 0.379 e. The quantitative estimate of drug-likeness (QED) is 0.541. The Labute approximate surface area is 186 Å². The molecule has 1 saturated heterocycles. The number of aryl methyl sites for hydroxylation is 2. The first-order valence-electron chi connectivity index (χ1n) is 10.3. The molecule has 0 bridgehead atoms. The fraction of sp³-hybridized carbons (Fsp3) is 0.391. The van der Waals surface area contributed by atoms with Crippen LogP contribution in [0.3, 0.4) is 0 Å². The number of aromatic nitrogens is 1. The Morgan fingerprint density at radius 2 is 2.03 bits per heavy atom. The zero-order valence-corrected chi connectivity index (χ0v) is 18.9. The number of carbonyl (C=O) groups excluding carboxylic acids is 1. The first kappa shape index (κ1) is 21.2. The summed E-state index contributed by atoms with van der Waals surface area (Å²) in [7, 11) is 0. The molecule has 1 aliphatic heterocycles. The van der Waals surface area contributed by atoms with Crippen molar-refractivity contribution < 1.29 is 9.53 Å². The maximum Gasteiger partial charge on any atom is 0.260 e. The summed E-state index contributed by atoms with van der Waals surface area (Å²) in [5, 5.41) is 1.30. The van der Waals surface area contributed by atoms with E-state index in [9.17, 15) is 4.79 Å². The number of carbonyl (C=O) groups is 1. The molecule has 0 radical (unpaired) electrons. The monoisotopic (exact) mass is 443 g/mol. The number of anilines is 1. The van der Waals surface area contributed by atoms with Crippen molar-refractivity contribution in [3.63, 3.8) is 0 Å². The molecular weight excluding hydrogens is 418 g/mol. The Hall–Kier alpha value is -1.99. The lowest BCUT2D eigenvalue weighted by atomic mass is 10.1. The van der Waals surface area contributed by atoms with Crippen LogP contribution in [0.1, 0.15) is 27.9 Å². The molecule has 2 heterocycles. The van der Waals surface area contributed by atoms with Crippen LogP contribution in [-0.2, 0) is 4.74 Å². The minimum absolute atomic E-state index is 0.0621. The zero-order valence-electron chi connectivity index (χ0n) is 17.4. The highest BCUT2D eigenvalue weighted by atomic mass is 35.5. The van der Waals surface area contributed by atoms with Gasteiger partial charge in [0.15, 0.2) is 5.13 Å². The molecule has 0 atom stereocenters. The first-order valence-corrected chi connectivity index (χ1v) is 11.5. The highest BCUT2D eigenvalue weighted by molar-refractivity contribution is 7.22. The van der Waals surface area contributed by atoms with Crippen LogP contribution >= 0.6 is 22.9 Å². The maximum atomic E-state index is 13.4. The summed E-state index contributed by atoms with van der Waals surface area (Å²) in [6, 6.07) is 11.3. The molecule has 7 heteroatoms. The third-order valence-corrected chi connectivity index (χ3v) is 6.86. The van der Waals surface area contributed by atoms with Gasteiger partial charge in [0.2, 0.25) is 0 Å². The third kappa shape index (κ3) is 4.67. The summed E-state index contributed by atoms with van der Waals surface area (Å²) in [6.45, 7) is 9.17. The van der Waals surface area contributed by atoms with Crippen molar-refractivity contribution in [2.24, 2.45) is 0 Å². The van der Waals surface area contributed by atoms with Gasteiger partial charge in [0.05, 0.1) is 23.4 Å². The average molecular weight is 444 g/mol. The van der Waals surface area contributed by atoms with E-state index in [0.717, 1.165) is 54.6 Å². The van der Waals surface area contributed by atoms with Crippen molar-refractivity contribution in [2.45, 2.75) is 20.3 Å². The Bertz CT molecular complexity index is 1050. The van der Waals surface area contributed by atoms with Crippen molar-refractivity contribution >= 4 is 44.2 Å². The minimum Gasteiger partial charge on any atom is -0.379 e. The second-order valence-corrected chi connectivity index (χ2v) is 9.07. The van der Waals surface area contributed by atoms with E-state index >= 15 is 0 Å². The van der Waals surface area contributed by atoms with Crippen LogP contribution in [0.2, 0.25) is 5.02 Å². The number of rotatable bonds is 6. The van der Waals surface area contributed by atoms with Crippen molar-refractivity contribution in [2.75, 3.05) is 44.3 Å². The Balaban J connectivity index is 1.60. The lowest BCUT2D eigenvalue weighted by Crippen LogP contribution is -2.39. The van der Waals surface area contributed by atoms with Crippen LogP contribution in [0.25, 0.3) is 10.2 Å². The van der Waals surface area contributed by atoms with Gasteiger partial charge in [0, 0.05) is 36.8 Å². The molecule has 158 valence electrons. The lowest BCUT2D eigenvalue weighted by molar-refractivity contribution is 0.0376. The van der Waals surface area contributed by atoms with E-state index < -0.39 is 0 Å².